The maximum absolute atomic E-state index is 12.5. The SMILES string of the molecule is CS/C=C/C(=O)NC(CNC(=O)c1cc(=O)n(-c2nc(C)cc(C)n2)[nH]1)C1CC1. The van der Waals surface area contributed by atoms with E-state index in [-0.39, 0.29) is 30.1 Å². The van der Waals surface area contributed by atoms with Gasteiger partial charge in [-0.25, -0.2) is 9.97 Å². The molecule has 1 fully saturated rings. The van der Waals surface area contributed by atoms with Crippen molar-refractivity contribution in [2.45, 2.75) is 32.7 Å². The van der Waals surface area contributed by atoms with E-state index in [0.717, 1.165) is 28.9 Å². The minimum Gasteiger partial charge on any atom is -0.349 e. The molecule has 0 radical (unpaired) electrons. The molecule has 0 spiro atoms. The van der Waals surface area contributed by atoms with Gasteiger partial charge in [-0.1, -0.05) is 0 Å². The van der Waals surface area contributed by atoms with Gasteiger partial charge in [-0.15, -0.1) is 11.8 Å². The number of carbonyl (C=O) groups excluding carboxylic acids is 2. The van der Waals surface area contributed by atoms with Crippen LogP contribution in [0.3, 0.4) is 0 Å². The highest BCUT2D eigenvalue weighted by Gasteiger charge is 2.32. The number of nitrogens with one attached hydrogen (secondary N) is 3. The van der Waals surface area contributed by atoms with E-state index < -0.39 is 11.5 Å². The lowest BCUT2D eigenvalue weighted by molar-refractivity contribution is -0.117. The molecule has 2 heterocycles. The van der Waals surface area contributed by atoms with Crippen LogP contribution in [-0.4, -0.2) is 50.4 Å². The lowest BCUT2D eigenvalue weighted by Crippen LogP contribution is -2.44. The Kier molecular flexibility index (Phi) is 6.53. The molecule has 0 aromatic carbocycles. The maximum atomic E-state index is 12.5. The summed E-state index contributed by atoms with van der Waals surface area (Å²) in [4.78, 5) is 45.2. The van der Waals surface area contributed by atoms with Crippen LogP contribution in [0.5, 0.6) is 0 Å². The molecule has 3 rings (SSSR count). The molecule has 3 N–H and O–H groups in total. The van der Waals surface area contributed by atoms with Crippen molar-refractivity contribution in [1.82, 2.24) is 30.4 Å². The van der Waals surface area contributed by atoms with Gasteiger partial charge in [0.1, 0.15) is 5.69 Å². The van der Waals surface area contributed by atoms with Gasteiger partial charge >= 0.3 is 0 Å². The highest BCUT2D eigenvalue weighted by molar-refractivity contribution is 8.01. The third kappa shape index (κ3) is 5.57. The zero-order chi connectivity index (χ0) is 21.0. The van der Waals surface area contributed by atoms with Gasteiger partial charge in [-0.3, -0.25) is 19.5 Å². The first-order valence-corrected chi connectivity index (χ1v) is 10.6. The number of aromatic amines is 1. The van der Waals surface area contributed by atoms with Crippen molar-refractivity contribution >= 4 is 23.6 Å². The van der Waals surface area contributed by atoms with Gasteiger partial charge in [0.15, 0.2) is 0 Å². The summed E-state index contributed by atoms with van der Waals surface area (Å²) in [5.74, 6) is -0.0636. The molecule has 29 heavy (non-hydrogen) atoms. The number of thioether (sulfide) groups is 1. The van der Waals surface area contributed by atoms with E-state index >= 15 is 0 Å². The lowest BCUT2D eigenvalue weighted by atomic mass is 10.2. The van der Waals surface area contributed by atoms with Crippen molar-refractivity contribution in [3.05, 3.63) is 51.1 Å². The van der Waals surface area contributed by atoms with E-state index in [9.17, 15) is 14.4 Å². The quantitative estimate of drug-likeness (QED) is 0.554. The van der Waals surface area contributed by atoms with Crippen molar-refractivity contribution < 1.29 is 9.59 Å². The number of carbonyl (C=O) groups is 2. The molecule has 2 amide bonds. The van der Waals surface area contributed by atoms with Gasteiger partial charge in [0.25, 0.3) is 17.4 Å². The number of nitrogens with zero attached hydrogens (tertiary/aromatic N) is 3. The first-order valence-electron chi connectivity index (χ1n) is 9.30. The van der Waals surface area contributed by atoms with Crippen LogP contribution in [0, 0.1) is 19.8 Å². The Bertz CT molecular complexity index is 972. The number of rotatable bonds is 8. The molecule has 0 saturated heterocycles. The normalized spacial score (nSPS) is 14.7. The number of hydrogen-bond acceptors (Lipinski definition) is 6. The largest absolute Gasteiger partial charge is 0.349 e. The number of amides is 2. The second kappa shape index (κ2) is 9.08. The standard InChI is InChI=1S/C19H24N6O3S/c1-11-8-12(2)22-19(21-11)25-17(27)9-14(24-25)18(28)20-10-15(13-4-5-13)23-16(26)6-7-29-3/h6-9,13,15,24H,4-5,10H2,1-3H3,(H,20,28)(H,23,26)/b7-6+. The molecule has 1 atom stereocenters. The van der Waals surface area contributed by atoms with Gasteiger partial charge in [-0.05, 0) is 50.3 Å². The molecular formula is C19H24N6O3S. The fraction of sp³-hybridized carbons (Fsp3) is 0.421. The van der Waals surface area contributed by atoms with Crippen molar-refractivity contribution in [3.63, 3.8) is 0 Å². The Morgan fingerprint density at radius 2 is 2.00 bits per heavy atom. The van der Waals surface area contributed by atoms with Crippen molar-refractivity contribution in [2.24, 2.45) is 5.92 Å². The van der Waals surface area contributed by atoms with Gasteiger partial charge in [0.2, 0.25) is 5.91 Å². The summed E-state index contributed by atoms with van der Waals surface area (Å²) in [6.07, 6.45) is 5.39. The summed E-state index contributed by atoms with van der Waals surface area (Å²) in [5.41, 5.74) is 1.13. The third-order valence-corrected chi connectivity index (χ3v) is 4.90. The summed E-state index contributed by atoms with van der Waals surface area (Å²) in [6.45, 7) is 3.90. The molecule has 2 aromatic rings. The van der Waals surface area contributed by atoms with Crippen LogP contribution in [0.4, 0.5) is 0 Å². The van der Waals surface area contributed by atoms with E-state index in [1.165, 1.54) is 23.9 Å². The molecule has 9 nitrogen and oxygen atoms in total. The van der Waals surface area contributed by atoms with Crippen LogP contribution >= 0.6 is 11.8 Å². The Balaban J connectivity index is 1.67. The summed E-state index contributed by atoms with van der Waals surface area (Å²) in [6, 6.07) is 2.86. The number of aryl methyl sites for hydroxylation is 2. The number of hydrogen-bond donors (Lipinski definition) is 3. The Hall–Kier alpha value is -2.88. The van der Waals surface area contributed by atoms with E-state index in [1.807, 2.05) is 6.26 Å². The second-order valence-corrected chi connectivity index (χ2v) is 7.74. The van der Waals surface area contributed by atoms with Crippen LogP contribution in [0.2, 0.25) is 0 Å². The highest BCUT2D eigenvalue weighted by atomic mass is 32.2. The van der Waals surface area contributed by atoms with E-state index in [1.54, 1.807) is 25.3 Å². The second-order valence-electron chi connectivity index (χ2n) is 7.00. The smallest absolute Gasteiger partial charge is 0.274 e. The molecule has 1 saturated carbocycles. The van der Waals surface area contributed by atoms with Gasteiger partial charge < -0.3 is 10.6 Å². The molecule has 154 valence electrons. The van der Waals surface area contributed by atoms with Crippen LogP contribution in [-0.2, 0) is 4.79 Å². The van der Waals surface area contributed by atoms with Crippen molar-refractivity contribution in [2.75, 3.05) is 12.8 Å². The van der Waals surface area contributed by atoms with Crippen molar-refractivity contribution in [3.8, 4) is 5.95 Å². The first kappa shape index (κ1) is 20.8. The molecule has 0 bridgehead atoms. The van der Waals surface area contributed by atoms with Crippen LogP contribution < -0.4 is 16.2 Å². The topological polar surface area (TPSA) is 122 Å². The Morgan fingerprint density at radius 1 is 1.31 bits per heavy atom. The monoisotopic (exact) mass is 416 g/mol. The average Bonchev–Trinajstić information content (AvgIpc) is 3.43. The van der Waals surface area contributed by atoms with E-state index in [2.05, 4.69) is 25.7 Å². The summed E-state index contributed by atoms with van der Waals surface area (Å²) >= 11 is 1.44. The first-order chi connectivity index (χ1) is 13.9. The lowest BCUT2D eigenvalue weighted by Gasteiger charge is -2.17. The van der Waals surface area contributed by atoms with Crippen LogP contribution in [0.25, 0.3) is 5.95 Å². The summed E-state index contributed by atoms with van der Waals surface area (Å²) in [5, 5.41) is 10.2. The predicted octanol–water partition coefficient (Wildman–Crippen LogP) is 1.07. The molecule has 1 aliphatic carbocycles. The number of H-pyrrole nitrogens is 1. The van der Waals surface area contributed by atoms with Gasteiger partial charge in [0.05, 0.1) is 0 Å². The van der Waals surface area contributed by atoms with E-state index in [0.29, 0.717) is 5.92 Å². The molecule has 1 unspecified atom stereocenters. The molecule has 2 aromatic heterocycles. The van der Waals surface area contributed by atoms with Gasteiger partial charge in [0, 0.05) is 36.1 Å². The number of aromatic nitrogens is 4. The van der Waals surface area contributed by atoms with Crippen LogP contribution in [0.1, 0.15) is 34.7 Å². The molecule has 0 aliphatic heterocycles. The fourth-order valence-electron chi connectivity index (χ4n) is 2.96. The minimum absolute atomic E-state index is 0.112. The van der Waals surface area contributed by atoms with Crippen LogP contribution in [0.15, 0.2) is 28.4 Å². The fourth-order valence-corrected chi connectivity index (χ4v) is 3.22. The highest BCUT2D eigenvalue weighted by Crippen LogP contribution is 2.32. The Morgan fingerprint density at radius 3 is 2.62 bits per heavy atom. The van der Waals surface area contributed by atoms with Gasteiger partial charge in [-0.2, -0.15) is 4.68 Å². The average molecular weight is 417 g/mol. The minimum atomic E-state index is -0.426. The summed E-state index contributed by atoms with van der Waals surface area (Å²) < 4.78 is 1.14. The molecule has 10 heteroatoms. The van der Waals surface area contributed by atoms with Crippen molar-refractivity contribution in [1.29, 1.82) is 0 Å². The predicted molar refractivity (Wildman–Crippen MR) is 111 cm³/mol. The maximum Gasteiger partial charge on any atom is 0.274 e. The zero-order valence-electron chi connectivity index (χ0n) is 16.6. The zero-order valence-corrected chi connectivity index (χ0v) is 17.4. The summed E-state index contributed by atoms with van der Waals surface area (Å²) in [7, 11) is 0. The Labute approximate surface area is 172 Å². The van der Waals surface area contributed by atoms with E-state index in [4.69, 9.17) is 0 Å². The molecule has 1 aliphatic rings. The third-order valence-electron chi connectivity index (χ3n) is 4.49. The molecular weight excluding hydrogens is 392 g/mol.